The summed E-state index contributed by atoms with van der Waals surface area (Å²) < 4.78 is 5.12. The number of benzene rings is 2. The third-order valence-corrected chi connectivity index (χ3v) is 4.19. The zero-order valence-electron chi connectivity index (χ0n) is 16.4. The van der Waals surface area contributed by atoms with Crippen molar-refractivity contribution in [1.82, 2.24) is 10.2 Å². The number of hydrogen-bond donors (Lipinski definition) is 1. The summed E-state index contributed by atoms with van der Waals surface area (Å²) in [5.41, 5.74) is 2.50. The van der Waals surface area contributed by atoms with Crippen LogP contribution in [0.4, 0.5) is 0 Å². The van der Waals surface area contributed by atoms with Gasteiger partial charge in [-0.3, -0.25) is 9.69 Å². The van der Waals surface area contributed by atoms with E-state index in [0.29, 0.717) is 25.1 Å². The molecule has 0 spiro atoms. The normalized spacial score (nSPS) is 11.5. The molecule has 1 amide bonds. The van der Waals surface area contributed by atoms with Crippen molar-refractivity contribution in [2.75, 3.05) is 20.2 Å². The van der Waals surface area contributed by atoms with E-state index < -0.39 is 12.0 Å². The van der Waals surface area contributed by atoms with Gasteiger partial charge in [0.15, 0.2) is 0 Å². The van der Waals surface area contributed by atoms with E-state index in [0.717, 1.165) is 11.1 Å². The van der Waals surface area contributed by atoms with E-state index in [-0.39, 0.29) is 12.5 Å². The molecule has 2 rings (SSSR count). The molecular formula is C23H26N2O3. The van der Waals surface area contributed by atoms with Gasteiger partial charge in [-0.05, 0) is 37.2 Å². The molecule has 2 aromatic rings. The molecule has 0 heterocycles. The third-order valence-electron chi connectivity index (χ3n) is 4.19. The van der Waals surface area contributed by atoms with Gasteiger partial charge in [0.2, 0.25) is 0 Å². The second-order valence-electron chi connectivity index (χ2n) is 6.54. The summed E-state index contributed by atoms with van der Waals surface area (Å²) in [7, 11) is 1.94. The Morgan fingerprint density at radius 2 is 1.79 bits per heavy atom. The minimum Gasteiger partial charge on any atom is -0.464 e. The fraction of sp³-hybridized carbons (Fsp3) is 0.304. The van der Waals surface area contributed by atoms with E-state index in [1.165, 1.54) is 0 Å². The van der Waals surface area contributed by atoms with E-state index >= 15 is 0 Å². The van der Waals surface area contributed by atoms with Gasteiger partial charge in [0, 0.05) is 18.5 Å². The minimum absolute atomic E-state index is 0.264. The van der Waals surface area contributed by atoms with E-state index in [9.17, 15) is 9.59 Å². The summed E-state index contributed by atoms with van der Waals surface area (Å²) in [6.07, 6.45) is 5.69. The zero-order chi connectivity index (χ0) is 20.4. The summed E-state index contributed by atoms with van der Waals surface area (Å²) in [5, 5.41) is 2.80. The molecule has 2 aromatic carbocycles. The molecule has 5 heteroatoms. The molecule has 28 heavy (non-hydrogen) atoms. The second kappa shape index (κ2) is 10.9. The molecule has 0 aliphatic heterocycles. The van der Waals surface area contributed by atoms with E-state index in [2.05, 4.69) is 11.2 Å². The smallest absolute Gasteiger partial charge is 0.328 e. The number of terminal acetylenes is 1. The second-order valence-corrected chi connectivity index (χ2v) is 6.54. The number of nitrogens with one attached hydrogen (secondary N) is 1. The van der Waals surface area contributed by atoms with E-state index in [1.807, 2.05) is 54.4 Å². The fourth-order valence-corrected chi connectivity index (χ4v) is 2.81. The van der Waals surface area contributed by atoms with Crippen molar-refractivity contribution in [3.8, 4) is 12.3 Å². The van der Waals surface area contributed by atoms with Crippen LogP contribution >= 0.6 is 0 Å². The standard InChI is InChI=1S/C23H26N2O3/c1-4-15-25(3)17-19-11-13-20(14-12-19)22(26)24-21(23(27)28-5-2)16-18-9-7-6-8-10-18/h1,6-14,21H,5,15-17H2,2-3H3,(H,24,26). The summed E-state index contributed by atoms with van der Waals surface area (Å²) in [6.45, 7) is 3.27. The lowest BCUT2D eigenvalue weighted by atomic mass is 10.0. The Morgan fingerprint density at radius 3 is 2.39 bits per heavy atom. The molecule has 0 aliphatic carbocycles. The Labute approximate surface area is 166 Å². The van der Waals surface area contributed by atoms with Gasteiger partial charge in [0.05, 0.1) is 13.2 Å². The molecule has 1 atom stereocenters. The number of nitrogens with zero attached hydrogens (tertiary/aromatic N) is 1. The summed E-state index contributed by atoms with van der Waals surface area (Å²) in [5.74, 6) is 1.85. The highest BCUT2D eigenvalue weighted by Gasteiger charge is 2.23. The van der Waals surface area contributed by atoms with Crippen molar-refractivity contribution in [2.45, 2.75) is 25.9 Å². The van der Waals surface area contributed by atoms with Crippen LogP contribution in [-0.2, 0) is 22.5 Å². The molecule has 146 valence electrons. The maximum Gasteiger partial charge on any atom is 0.328 e. The van der Waals surface area contributed by atoms with Crippen LogP contribution in [-0.4, -0.2) is 43.0 Å². The number of ether oxygens (including phenoxy) is 1. The summed E-state index contributed by atoms with van der Waals surface area (Å²) in [4.78, 5) is 26.9. The average molecular weight is 378 g/mol. The average Bonchev–Trinajstić information content (AvgIpc) is 2.69. The molecule has 1 N–H and O–H groups in total. The van der Waals surface area contributed by atoms with E-state index in [4.69, 9.17) is 11.2 Å². The molecular weight excluding hydrogens is 352 g/mol. The Bertz CT molecular complexity index is 810. The lowest BCUT2D eigenvalue weighted by Gasteiger charge is -2.18. The van der Waals surface area contributed by atoms with Crippen molar-refractivity contribution < 1.29 is 14.3 Å². The highest BCUT2D eigenvalue weighted by molar-refractivity contribution is 5.96. The highest BCUT2D eigenvalue weighted by Crippen LogP contribution is 2.09. The largest absolute Gasteiger partial charge is 0.464 e. The Hall–Kier alpha value is -3.10. The Balaban J connectivity index is 2.05. The summed E-state index contributed by atoms with van der Waals surface area (Å²) in [6, 6.07) is 16.1. The van der Waals surface area contributed by atoms with Crippen LogP contribution in [0, 0.1) is 12.3 Å². The van der Waals surface area contributed by atoms with Gasteiger partial charge in [-0.25, -0.2) is 4.79 Å². The van der Waals surface area contributed by atoms with Crippen LogP contribution in [0.5, 0.6) is 0 Å². The molecule has 1 unspecified atom stereocenters. The van der Waals surface area contributed by atoms with Crippen LogP contribution in [0.2, 0.25) is 0 Å². The first kappa shape index (κ1) is 21.2. The quantitative estimate of drug-likeness (QED) is 0.538. The van der Waals surface area contributed by atoms with Crippen molar-refractivity contribution in [3.63, 3.8) is 0 Å². The number of carbonyl (C=O) groups is 2. The minimum atomic E-state index is -0.740. The molecule has 0 aliphatic rings. The van der Waals surface area contributed by atoms with Crippen molar-refractivity contribution in [3.05, 3.63) is 71.3 Å². The fourth-order valence-electron chi connectivity index (χ4n) is 2.81. The number of amides is 1. The maximum absolute atomic E-state index is 12.6. The molecule has 0 saturated carbocycles. The van der Waals surface area contributed by atoms with Crippen molar-refractivity contribution >= 4 is 11.9 Å². The first-order valence-corrected chi connectivity index (χ1v) is 9.25. The summed E-state index contributed by atoms with van der Waals surface area (Å²) >= 11 is 0. The van der Waals surface area contributed by atoms with Gasteiger partial charge in [-0.2, -0.15) is 0 Å². The van der Waals surface area contributed by atoms with Gasteiger partial charge >= 0.3 is 5.97 Å². The van der Waals surface area contributed by atoms with Gasteiger partial charge in [-0.15, -0.1) is 6.42 Å². The molecule has 0 saturated heterocycles. The maximum atomic E-state index is 12.6. The Morgan fingerprint density at radius 1 is 1.11 bits per heavy atom. The topological polar surface area (TPSA) is 58.6 Å². The molecule has 0 aromatic heterocycles. The first-order valence-electron chi connectivity index (χ1n) is 9.25. The third kappa shape index (κ3) is 6.57. The molecule has 0 fully saturated rings. The monoisotopic (exact) mass is 378 g/mol. The molecule has 5 nitrogen and oxygen atoms in total. The van der Waals surface area contributed by atoms with Gasteiger partial charge in [0.1, 0.15) is 6.04 Å². The van der Waals surface area contributed by atoms with Gasteiger partial charge in [-0.1, -0.05) is 48.4 Å². The van der Waals surface area contributed by atoms with Crippen LogP contribution in [0.1, 0.15) is 28.4 Å². The predicted molar refractivity (Wildman–Crippen MR) is 110 cm³/mol. The van der Waals surface area contributed by atoms with Gasteiger partial charge < -0.3 is 10.1 Å². The number of hydrogen-bond acceptors (Lipinski definition) is 4. The number of esters is 1. The SMILES string of the molecule is C#CCN(C)Cc1ccc(C(=O)NC(Cc2ccccc2)C(=O)OCC)cc1. The van der Waals surface area contributed by atoms with Crippen molar-refractivity contribution in [2.24, 2.45) is 0 Å². The predicted octanol–water partition coefficient (Wildman–Crippen LogP) is 2.66. The highest BCUT2D eigenvalue weighted by atomic mass is 16.5. The number of rotatable bonds is 9. The zero-order valence-corrected chi connectivity index (χ0v) is 16.4. The lowest BCUT2D eigenvalue weighted by molar-refractivity contribution is -0.145. The van der Waals surface area contributed by atoms with Crippen LogP contribution in [0.3, 0.4) is 0 Å². The first-order chi connectivity index (χ1) is 13.5. The molecule has 0 bridgehead atoms. The van der Waals surface area contributed by atoms with E-state index in [1.54, 1.807) is 19.1 Å². The van der Waals surface area contributed by atoms with Gasteiger partial charge in [0.25, 0.3) is 5.91 Å². The molecule has 0 radical (unpaired) electrons. The van der Waals surface area contributed by atoms with Crippen LogP contribution in [0.25, 0.3) is 0 Å². The lowest BCUT2D eigenvalue weighted by Crippen LogP contribution is -2.43. The van der Waals surface area contributed by atoms with Crippen molar-refractivity contribution in [1.29, 1.82) is 0 Å². The van der Waals surface area contributed by atoms with Crippen LogP contribution in [0.15, 0.2) is 54.6 Å². The number of carbonyl (C=O) groups excluding carboxylic acids is 2. The van der Waals surface area contributed by atoms with Crippen LogP contribution < -0.4 is 5.32 Å². The Kier molecular flexibility index (Phi) is 8.26.